The third-order valence-electron chi connectivity index (χ3n) is 0.520. The summed E-state index contributed by atoms with van der Waals surface area (Å²) < 4.78 is 37.2. The van der Waals surface area contributed by atoms with E-state index in [0.29, 0.717) is 0 Å². The molecule has 0 aliphatic carbocycles. The molecule has 0 aromatic carbocycles. The van der Waals surface area contributed by atoms with Gasteiger partial charge in [0.25, 0.3) is 0 Å². The standard InChI is InChI=1S/C5H6F3NO/c1-4(3-9-2)10-5(6,7)8/h3H,1H2,2H3. The van der Waals surface area contributed by atoms with Crippen LogP contribution in [0.5, 0.6) is 0 Å². The summed E-state index contributed by atoms with van der Waals surface area (Å²) in [6.07, 6.45) is -3.79. The molecule has 0 aromatic rings. The molecule has 0 unspecified atom stereocenters. The van der Waals surface area contributed by atoms with Crippen molar-refractivity contribution in [3.05, 3.63) is 12.3 Å². The van der Waals surface area contributed by atoms with E-state index in [1.165, 1.54) is 7.05 Å². The maximum absolute atomic E-state index is 11.3. The van der Waals surface area contributed by atoms with E-state index >= 15 is 0 Å². The highest BCUT2D eigenvalue weighted by atomic mass is 19.4. The van der Waals surface area contributed by atoms with E-state index in [9.17, 15) is 13.2 Å². The Morgan fingerprint density at radius 3 is 2.40 bits per heavy atom. The van der Waals surface area contributed by atoms with Crippen molar-refractivity contribution in [1.82, 2.24) is 0 Å². The molecule has 0 aromatic heterocycles. The van der Waals surface area contributed by atoms with Crippen molar-refractivity contribution in [2.24, 2.45) is 4.99 Å². The van der Waals surface area contributed by atoms with E-state index in [-0.39, 0.29) is 0 Å². The summed E-state index contributed by atoms with van der Waals surface area (Å²) in [5, 5.41) is 0. The smallest absolute Gasteiger partial charge is 0.405 e. The van der Waals surface area contributed by atoms with Gasteiger partial charge in [-0.2, -0.15) is 0 Å². The van der Waals surface area contributed by atoms with Crippen LogP contribution in [0.4, 0.5) is 13.2 Å². The first-order chi connectivity index (χ1) is 4.45. The van der Waals surface area contributed by atoms with Gasteiger partial charge in [-0.15, -0.1) is 13.2 Å². The van der Waals surface area contributed by atoms with Crippen LogP contribution in [0.2, 0.25) is 0 Å². The number of nitrogens with zero attached hydrogens (tertiary/aromatic N) is 1. The van der Waals surface area contributed by atoms with Crippen LogP contribution in [0.1, 0.15) is 0 Å². The molecule has 0 fully saturated rings. The monoisotopic (exact) mass is 153 g/mol. The zero-order valence-electron chi connectivity index (χ0n) is 5.27. The summed E-state index contributed by atoms with van der Waals surface area (Å²) in [7, 11) is 1.32. The molecule has 0 atom stereocenters. The summed E-state index contributed by atoms with van der Waals surface area (Å²) in [6, 6.07) is 0. The average molecular weight is 153 g/mol. The molecule has 0 amide bonds. The molecule has 0 saturated heterocycles. The fourth-order valence-electron chi connectivity index (χ4n) is 0.319. The summed E-state index contributed by atoms with van der Waals surface area (Å²) in [5.74, 6) is -0.519. The molecular formula is C5H6F3NO. The largest absolute Gasteiger partial charge is 0.573 e. The zero-order valence-corrected chi connectivity index (χ0v) is 5.27. The lowest BCUT2D eigenvalue weighted by molar-refractivity contribution is -0.301. The van der Waals surface area contributed by atoms with E-state index in [0.717, 1.165) is 6.21 Å². The minimum atomic E-state index is -4.67. The Morgan fingerprint density at radius 1 is 1.60 bits per heavy atom. The topological polar surface area (TPSA) is 21.6 Å². The number of allylic oxidation sites excluding steroid dienone is 1. The third kappa shape index (κ3) is 5.14. The van der Waals surface area contributed by atoms with Crippen LogP contribution in [-0.2, 0) is 4.74 Å². The van der Waals surface area contributed by atoms with Crippen molar-refractivity contribution in [2.75, 3.05) is 7.05 Å². The summed E-state index contributed by atoms with van der Waals surface area (Å²) in [5.41, 5.74) is 0. The van der Waals surface area contributed by atoms with Gasteiger partial charge in [0.2, 0.25) is 0 Å². The number of aliphatic imine (C=N–C) groups is 1. The van der Waals surface area contributed by atoms with Gasteiger partial charge < -0.3 is 4.74 Å². The first-order valence-corrected chi connectivity index (χ1v) is 2.32. The molecule has 0 saturated carbocycles. The summed E-state index contributed by atoms with van der Waals surface area (Å²) >= 11 is 0. The maximum Gasteiger partial charge on any atom is 0.573 e. The zero-order chi connectivity index (χ0) is 8.20. The number of ether oxygens (including phenoxy) is 1. The van der Waals surface area contributed by atoms with Gasteiger partial charge >= 0.3 is 6.36 Å². The van der Waals surface area contributed by atoms with Gasteiger partial charge in [-0.3, -0.25) is 4.99 Å². The molecule has 0 heterocycles. The molecule has 0 radical (unpaired) electrons. The molecule has 0 aliphatic rings. The third-order valence-corrected chi connectivity index (χ3v) is 0.520. The van der Waals surface area contributed by atoms with E-state index < -0.39 is 12.1 Å². The van der Waals surface area contributed by atoms with Crippen molar-refractivity contribution in [3.63, 3.8) is 0 Å². The lowest BCUT2D eigenvalue weighted by Crippen LogP contribution is -2.12. The van der Waals surface area contributed by atoms with Crippen LogP contribution in [0, 0.1) is 0 Å². The van der Waals surface area contributed by atoms with Crippen molar-refractivity contribution in [1.29, 1.82) is 0 Å². The van der Waals surface area contributed by atoms with Gasteiger partial charge in [0.15, 0.2) is 0 Å². The number of hydrogen-bond donors (Lipinski definition) is 0. The van der Waals surface area contributed by atoms with Gasteiger partial charge in [0.05, 0.1) is 6.21 Å². The van der Waals surface area contributed by atoms with E-state index in [1.807, 2.05) is 0 Å². The Balaban J connectivity index is 3.81. The minimum absolute atomic E-state index is 0.519. The van der Waals surface area contributed by atoms with Gasteiger partial charge in [0.1, 0.15) is 5.76 Å². The van der Waals surface area contributed by atoms with Crippen molar-refractivity contribution in [3.8, 4) is 0 Å². The van der Waals surface area contributed by atoms with Crippen LogP contribution in [0.3, 0.4) is 0 Å². The average Bonchev–Trinajstić information content (AvgIpc) is 1.59. The minimum Gasteiger partial charge on any atom is -0.405 e. The first-order valence-electron chi connectivity index (χ1n) is 2.32. The summed E-state index contributed by atoms with van der Waals surface area (Å²) in [4.78, 5) is 3.27. The lowest BCUT2D eigenvalue weighted by atomic mass is 10.6. The number of alkyl halides is 3. The lowest BCUT2D eigenvalue weighted by Gasteiger charge is -2.06. The van der Waals surface area contributed by atoms with E-state index in [4.69, 9.17) is 0 Å². The number of rotatable bonds is 2. The molecule has 0 aliphatic heterocycles. The highest BCUT2D eigenvalue weighted by Gasteiger charge is 2.30. The fraction of sp³-hybridized carbons (Fsp3) is 0.400. The van der Waals surface area contributed by atoms with Crippen LogP contribution >= 0.6 is 0 Å². The normalized spacial score (nSPS) is 12.0. The quantitative estimate of drug-likeness (QED) is 0.437. The second kappa shape index (κ2) is 3.24. The Hall–Kier alpha value is -1.00. The number of halogens is 3. The molecule has 58 valence electrons. The summed E-state index contributed by atoms with van der Waals surface area (Å²) in [6.45, 7) is 2.94. The van der Waals surface area contributed by atoms with E-state index in [2.05, 4.69) is 16.3 Å². The Bertz CT molecular complexity index is 149. The highest BCUT2D eigenvalue weighted by molar-refractivity contribution is 5.74. The predicted molar refractivity (Wildman–Crippen MR) is 30.7 cm³/mol. The SMILES string of the molecule is C=C(C=NC)OC(F)(F)F. The molecule has 2 nitrogen and oxygen atoms in total. The second-order valence-electron chi connectivity index (χ2n) is 1.40. The van der Waals surface area contributed by atoms with Gasteiger partial charge in [-0.25, -0.2) is 0 Å². The molecule has 0 bridgehead atoms. The highest BCUT2D eigenvalue weighted by Crippen LogP contribution is 2.18. The Labute approximate surface area is 56.0 Å². The first kappa shape index (κ1) is 9.00. The second-order valence-corrected chi connectivity index (χ2v) is 1.40. The van der Waals surface area contributed by atoms with Gasteiger partial charge in [0, 0.05) is 7.05 Å². The maximum atomic E-state index is 11.3. The molecule has 0 spiro atoms. The molecule has 0 rings (SSSR count). The van der Waals surface area contributed by atoms with Crippen molar-refractivity contribution >= 4 is 6.21 Å². The Morgan fingerprint density at radius 2 is 2.10 bits per heavy atom. The molecular weight excluding hydrogens is 147 g/mol. The van der Waals surface area contributed by atoms with Crippen molar-refractivity contribution in [2.45, 2.75) is 6.36 Å². The van der Waals surface area contributed by atoms with E-state index in [1.54, 1.807) is 0 Å². The van der Waals surface area contributed by atoms with Crippen molar-refractivity contribution < 1.29 is 17.9 Å². The van der Waals surface area contributed by atoms with Crippen LogP contribution < -0.4 is 0 Å². The molecule has 0 N–H and O–H groups in total. The molecule has 10 heavy (non-hydrogen) atoms. The van der Waals surface area contributed by atoms with Crippen LogP contribution in [-0.4, -0.2) is 19.6 Å². The van der Waals surface area contributed by atoms with Crippen LogP contribution in [0.15, 0.2) is 17.3 Å². The molecule has 5 heteroatoms. The van der Waals surface area contributed by atoms with Crippen LogP contribution in [0.25, 0.3) is 0 Å². The Kier molecular flexibility index (Phi) is 2.92. The van der Waals surface area contributed by atoms with Gasteiger partial charge in [-0.05, 0) is 0 Å². The number of hydrogen-bond acceptors (Lipinski definition) is 2. The van der Waals surface area contributed by atoms with Gasteiger partial charge in [-0.1, -0.05) is 6.58 Å². The fourth-order valence-corrected chi connectivity index (χ4v) is 0.319. The predicted octanol–water partition coefficient (Wildman–Crippen LogP) is 1.74.